The minimum atomic E-state index is 0.321. The molecule has 0 aromatic carbocycles. The highest BCUT2D eigenvalue weighted by atomic mass is 79.9. The molecular weight excluding hydrogens is 322 g/mol. The van der Waals surface area contributed by atoms with Crippen LogP contribution in [0.5, 0.6) is 0 Å². The number of carbonyl (C=O) groups is 1. The Labute approximate surface area is 125 Å². The van der Waals surface area contributed by atoms with Gasteiger partial charge in [-0.25, -0.2) is 0 Å². The molecule has 0 aliphatic heterocycles. The third kappa shape index (κ3) is 2.56. The van der Waals surface area contributed by atoms with Gasteiger partial charge in [0.2, 0.25) is 0 Å². The predicted octanol–water partition coefficient (Wildman–Crippen LogP) is 4.38. The molecule has 0 saturated heterocycles. The topological polar surface area (TPSA) is 22.0 Å². The van der Waals surface area contributed by atoms with E-state index in [2.05, 4.69) is 45.6 Å². The first-order valence-corrected chi connectivity index (χ1v) is 8.22. The number of hydrogen-bond acceptors (Lipinski definition) is 2. The zero-order chi connectivity index (χ0) is 13.4. The maximum absolute atomic E-state index is 11.9. The number of aryl methyl sites for hydroxylation is 2. The lowest BCUT2D eigenvalue weighted by atomic mass is 9.96. The first kappa shape index (κ1) is 13.1. The van der Waals surface area contributed by atoms with Crippen LogP contribution in [0, 0.1) is 6.92 Å². The van der Waals surface area contributed by atoms with Crippen LogP contribution in [-0.2, 0) is 19.4 Å². The molecule has 4 heteroatoms. The number of carbonyl (C=O) groups excluding carboxylic acids is 1. The lowest BCUT2D eigenvalue weighted by Gasteiger charge is -2.15. The largest absolute Gasteiger partial charge is 0.348 e. The van der Waals surface area contributed by atoms with Crippen molar-refractivity contribution in [2.75, 3.05) is 0 Å². The summed E-state index contributed by atoms with van der Waals surface area (Å²) in [5.74, 6) is 0.321. The maximum Gasteiger partial charge on any atom is 0.164 e. The van der Waals surface area contributed by atoms with Crippen molar-refractivity contribution in [3.8, 4) is 0 Å². The Balaban J connectivity index is 1.83. The van der Waals surface area contributed by atoms with Crippen LogP contribution in [0.25, 0.3) is 0 Å². The Bertz CT molecular complexity index is 626. The summed E-state index contributed by atoms with van der Waals surface area (Å²) < 4.78 is 3.52. The third-order valence-electron chi connectivity index (χ3n) is 3.74. The number of ketones is 1. The summed E-state index contributed by atoms with van der Waals surface area (Å²) >= 11 is 5.29. The van der Waals surface area contributed by atoms with E-state index >= 15 is 0 Å². The third-order valence-corrected chi connectivity index (χ3v) is 5.43. The summed E-state index contributed by atoms with van der Waals surface area (Å²) in [5, 5.41) is 0. The Morgan fingerprint density at radius 3 is 2.95 bits per heavy atom. The Morgan fingerprint density at radius 2 is 2.21 bits per heavy atom. The normalized spacial score (nSPS) is 14.7. The van der Waals surface area contributed by atoms with E-state index in [9.17, 15) is 4.79 Å². The van der Waals surface area contributed by atoms with E-state index < -0.39 is 0 Å². The number of thiophene rings is 1. The van der Waals surface area contributed by atoms with Crippen LogP contribution in [0.2, 0.25) is 0 Å². The summed E-state index contributed by atoms with van der Waals surface area (Å²) in [6.07, 6.45) is 3.80. The van der Waals surface area contributed by atoms with E-state index in [1.165, 1.54) is 20.1 Å². The van der Waals surface area contributed by atoms with Gasteiger partial charge in [-0.3, -0.25) is 4.79 Å². The Kier molecular flexibility index (Phi) is 3.63. The fourth-order valence-electron chi connectivity index (χ4n) is 2.81. The van der Waals surface area contributed by atoms with E-state index in [4.69, 9.17) is 0 Å². The van der Waals surface area contributed by atoms with Gasteiger partial charge in [0.25, 0.3) is 0 Å². The summed E-state index contributed by atoms with van der Waals surface area (Å²) in [5.41, 5.74) is 3.44. The lowest BCUT2D eigenvalue weighted by molar-refractivity contribution is 0.0972. The molecular formula is C15H16BrNOS. The molecule has 0 N–H and O–H groups in total. The van der Waals surface area contributed by atoms with Gasteiger partial charge in [0.15, 0.2) is 5.78 Å². The molecule has 3 rings (SSSR count). The van der Waals surface area contributed by atoms with Gasteiger partial charge in [-0.05, 0) is 60.3 Å². The van der Waals surface area contributed by atoms with Gasteiger partial charge in [0.05, 0.1) is 3.79 Å². The number of rotatable bonds is 3. The van der Waals surface area contributed by atoms with Gasteiger partial charge in [-0.15, -0.1) is 11.3 Å². The zero-order valence-corrected chi connectivity index (χ0v) is 13.3. The number of aromatic nitrogens is 1. The second-order valence-electron chi connectivity index (χ2n) is 5.03. The quantitative estimate of drug-likeness (QED) is 0.814. The van der Waals surface area contributed by atoms with E-state index in [1.54, 1.807) is 11.3 Å². The van der Waals surface area contributed by atoms with Crippen molar-refractivity contribution in [3.63, 3.8) is 0 Å². The zero-order valence-electron chi connectivity index (χ0n) is 10.9. The number of Topliss-reactive ketones (excluding diaryl/α,β-unsaturated/α-hetero) is 1. The second kappa shape index (κ2) is 5.25. The van der Waals surface area contributed by atoms with Crippen LogP contribution in [0.4, 0.5) is 0 Å². The van der Waals surface area contributed by atoms with Gasteiger partial charge in [-0.1, -0.05) is 0 Å². The highest BCUT2D eigenvalue weighted by Gasteiger charge is 2.22. The number of fused-ring (bicyclic) bond motifs is 1. The van der Waals surface area contributed by atoms with Crippen LogP contribution >= 0.6 is 27.3 Å². The van der Waals surface area contributed by atoms with Crippen molar-refractivity contribution in [2.24, 2.45) is 0 Å². The van der Waals surface area contributed by atoms with Crippen molar-refractivity contribution in [1.29, 1.82) is 0 Å². The molecule has 0 spiro atoms. The fraction of sp³-hybridized carbons (Fsp3) is 0.400. The maximum atomic E-state index is 11.9. The summed E-state index contributed by atoms with van der Waals surface area (Å²) in [6, 6.07) is 6.34. The highest BCUT2D eigenvalue weighted by Crippen LogP contribution is 2.27. The molecule has 19 heavy (non-hydrogen) atoms. The molecule has 2 heterocycles. The Hall–Kier alpha value is -0.870. The molecule has 0 unspecified atom stereocenters. The van der Waals surface area contributed by atoms with Gasteiger partial charge >= 0.3 is 0 Å². The van der Waals surface area contributed by atoms with Crippen LogP contribution in [0.1, 0.15) is 39.5 Å². The van der Waals surface area contributed by atoms with Crippen LogP contribution < -0.4 is 0 Å². The van der Waals surface area contributed by atoms with Gasteiger partial charge in [-0.2, -0.15) is 0 Å². The minimum absolute atomic E-state index is 0.321. The smallest absolute Gasteiger partial charge is 0.164 e. The van der Waals surface area contributed by atoms with Crippen LogP contribution in [0.15, 0.2) is 22.0 Å². The first-order chi connectivity index (χ1) is 9.15. The van der Waals surface area contributed by atoms with E-state index in [0.29, 0.717) is 12.2 Å². The molecule has 1 aliphatic carbocycles. The van der Waals surface area contributed by atoms with Crippen molar-refractivity contribution in [3.05, 3.63) is 43.8 Å². The monoisotopic (exact) mass is 337 g/mol. The Morgan fingerprint density at radius 1 is 1.37 bits per heavy atom. The number of nitrogens with zero attached hydrogens (tertiary/aromatic N) is 1. The van der Waals surface area contributed by atoms with E-state index in [0.717, 1.165) is 31.4 Å². The molecule has 100 valence electrons. The second-order valence-corrected chi connectivity index (χ2v) is 7.58. The molecule has 2 aromatic rings. The average Bonchev–Trinajstić information content (AvgIpc) is 2.92. The molecule has 0 fully saturated rings. The lowest BCUT2D eigenvalue weighted by Crippen LogP contribution is -2.14. The molecule has 0 bridgehead atoms. The van der Waals surface area contributed by atoms with Crippen molar-refractivity contribution in [2.45, 2.75) is 39.2 Å². The molecule has 0 amide bonds. The molecule has 0 atom stereocenters. The first-order valence-electron chi connectivity index (χ1n) is 6.61. The highest BCUT2D eigenvalue weighted by molar-refractivity contribution is 9.11. The number of halogens is 1. The fourth-order valence-corrected chi connectivity index (χ4v) is 4.28. The van der Waals surface area contributed by atoms with Crippen molar-refractivity contribution < 1.29 is 4.79 Å². The summed E-state index contributed by atoms with van der Waals surface area (Å²) in [6.45, 7) is 3.08. The minimum Gasteiger partial charge on any atom is -0.348 e. The standard InChI is InChI=1S/C15H16BrNOS/c1-10-9-12-13(3-2-4-14(12)18)17(10)8-7-11-5-6-15(16)19-11/h5-6,9H,2-4,7-8H2,1H3. The number of hydrogen-bond donors (Lipinski definition) is 0. The molecule has 2 nitrogen and oxygen atoms in total. The van der Waals surface area contributed by atoms with Gasteiger partial charge in [0.1, 0.15) is 0 Å². The van der Waals surface area contributed by atoms with E-state index in [-0.39, 0.29) is 0 Å². The van der Waals surface area contributed by atoms with Crippen LogP contribution in [-0.4, -0.2) is 10.4 Å². The van der Waals surface area contributed by atoms with Crippen molar-refractivity contribution in [1.82, 2.24) is 4.57 Å². The van der Waals surface area contributed by atoms with E-state index in [1.807, 2.05) is 0 Å². The SMILES string of the molecule is Cc1cc2c(n1CCc1ccc(Br)s1)CCCC2=O. The molecule has 0 radical (unpaired) electrons. The predicted molar refractivity (Wildman–Crippen MR) is 82.2 cm³/mol. The van der Waals surface area contributed by atoms with Crippen LogP contribution in [0.3, 0.4) is 0 Å². The summed E-state index contributed by atoms with van der Waals surface area (Å²) in [7, 11) is 0. The molecule has 2 aromatic heterocycles. The average molecular weight is 338 g/mol. The van der Waals surface area contributed by atoms with Gasteiger partial charge < -0.3 is 4.57 Å². The van der Waals surface area contributed by atoms with Gasteiger partial charge in [0, 0.05) is 34.8 Å². The van der Waals surface area contributed by atoms with Crippen molar-refractivity contribution >= 4 is 33.0 Å². The summed E-state index contributed by atoms with van der Waals surface area (Å²) in [4.78, 5) is 13.3. The molecule has 0 saturated carbocycles. The molecule has 1 aliphatic rings.